The van der Waals surface area contributed by atoms with Crippen LogP contribution in [0.5, 0.6) is 0 Å². The summed E-state index contributed by atoms with van der Waals surface area (Å²) in [5, 5.41) is 2.82. The maximum absolute atomic E-state index is 13.2. The Labute approximate surface area is 192 Å². The lowest BCUT2D eigenvalue weighted by atomic mass is 10.0. The van der Waals surface area contributed by atoms with Crippen molar-refractivity contribution in [2.75, 3.05) is 11.2 Å². The number of amides is 1. The summed E-state index contributed by atoms with van der Waals surface area (Å²) in [5.41, 5.74) is 4.24. The van der Waals surface area contributed by atoms with Crippen LogP contribution < -0.4 is 11.0 Å². The van der Waals surface area contributed by atoms with E-state index in [-0.39, 0.29) is 17.2 Å². The van der Waals surface area contributed by atoms with Gasteiger partial charge < -0.3 is 0 Å². The Bertz CT molecular complexity index is 1510. The number of rotatable bonds is 5. The molecule has 0 aliphatic heterocycles. The highest BCUT2D eigenvalue weighted by Gasteiger charge is 2.17. The van der Waals surface area contributed by atoms with Gasteiger partial charge in [0.2, 0.25) is 5.91 Å². The van der Waals surface area contributed by atoms with Gasteiger partial charge in [0.25, 0.3) is 5.56 Å². The Kier molecular flexibility index (Phi) is 5.51. The second-order valence-electron chi connectivity index (χ2n) is 7.33. The highest BCUT2D eigenvalue weighted by atomic mass is 32.2. The third-order valence-electron chi connectivity index (χ3n) is 5.19. The molecule has 2 heterocycles. The van der Waals surface area contributed by atoms with E-state index in [1.165, 1.54) is 34.1 Å². The topological polar surface area (TPSA) is 64.0 Å². The van der Waals surface area contributed by atoms with Gasteiger partial charge in [-0.3, -0.25) is 15.0 Å². The number of aryl methyl sites for hydroxylation is 1. The Morgan fingerprint density at radius 1 is 1.03 bits per heavy atom. The van der Waals surface area contributed by atoms with Crippen molar-refractivity contribution in [3.05, 3.63) is 94.4 Å². The number of hydrogen-bond donors (Lipinski definition) is 1. The van der Waals surface area contributed by atoms with Crippen LogP contribution in [0.15, 0.2) is 88.8 Å². The number of hydrogen-bond acceptors (Lipinski definition) is 5. The van der Waals surface area contributed by atoms with E-state index in [9.17, 15) is 9.59 Å². The maximum Gasteiger partial charge on any atom is 0.281 e. The number of benzene rings is 3. The van der Waals surface area contributed by atoms with Crippen LogP contribution in [0.25, 0.3) is 32.1 Å². The smallest absolute Gasteiger partial charge is 0.272 e. The lowest BCUT2D eigenvalue weighted by Crippen LogP contribution is -2.34. The number of fused-ring (bicyclic) bond motifs is 2. The highest BCUT2D eigenvalue weighted by molar-refractivity contribution is 8.00. The Morgan fingerprint density at radius 2 is 1.78 bits per heavy atom. The third-order valence-corrected chi connectivity index (χ3v) is 7.19. The number of thiophene rings is 1. The molecule has 1 amide bonds. The molecule has 0 saturated heterocycles. The monoisotopic (exact) mass is 457 g/mol. The quantitative estimate of drug-likeness (QED) is 0.357. The number of carbonyl (C=O) groups excluding carboxylic acids is 1. The van der Waals surface area contributed by atoms with Crippen LogP contribution in [-0.2, 0) is 4.79 Å². The summed E-state index contributed by atoms with van der Waals surface area (Å²) in [6, 6.07) is 24.0. The average Bonchev–Trinajstić information content (AvgIpc) is 3.16. The zero-order valence-corrected chi connectivity index (χ0v) is 18.9. The number of nitrogens with zero attached hydrogens (tertiary/aromatic N) is 2. The summed E-state index contributed by atoms with van der Waals surface area (Å²) in [6.07, 6.45) is 1.38. The molecular formula is C25H19N3O2S2. The summed E-state index contributed by atoms with van der Waals surface area (Å²) in [7, 11) is 0. The van der Waals surface area contributed by atoms with Gasteiger partial charge >= 0.3 is 0 Å². The lowest BCUT2D eigenvalue weighted by Gasteiger charge is -2.09. The number of carbonyl (C=O) groups is 1. The van der Waals surface area contributed by atoms with Crippen LogP contribution in [0.4, 0.5) is 0 Å². The fourth-order valence-electron chi connectivity index (χ4n) is 3.71. The molecule has 5 rings (SSSR count). The maximum atomic E-state index is 13.2. The van der Waals surface area contributed by atoms with Crippen molar-refractivity contribution in [3.63, 3.8) is 0 Å². The molecule has 0 bridgehead atoms. The molecule has 0 atom stereocenters. The fraction of sp³-hybridized carbons (Fsp3) is 0.0800. The van der Waals surface area contributed by atoms with Gasteiger partial charge in [0.15, 0.2) is 0 Å². The van der Waals surface area contributed by atoms with Crippen LogP contribution in [0.1, 0.15) is 4.88 Å². The number of aromatic nitrogens is 2. The minimum Gasteiger partial charge on any atom is -0.272 e. The minimum atomic E-state index is -0.276. The summed E-state index contributed by atoms with van der Waals surface area (Å²) >= 11 is 2.91. The van der Waals surface area contributed by atoms with E-state index in [1.807, 2.05) is 67.6 Å². The average molecular weight is 458 g/mol. The van der Waals surface area contributed by atoms with Crippen molar-refractivity contribution in [3.8, 4) is 11.1 Å². The SMILES string of the molecule is Cc1sc2ncn(NC(=O)CSc3ccc4ccccc4c3)c(=O)c2c1-c1ccccc1. The highest BCUT2D eigenvalue weighted by Crippen LogP contribution is 2.35. The molecule has 0 radical (unpaired) electrons. The van der Waals surface area contributed by atoms with Gasteiger partial charge in [-0.2, -0.15) is 0 Å². The van der Waals surface area contributed by atoms with Crippen molar-refractivity contribution in [2.45, 2.75) is 11.8 Å². The van der Waals surface area contributed by atoms with E-state index in [2.05, 4.69) is 22.5 Å². The molecule has 158 valence electrons. The van der Waals surface area contributed by atoms with Crippen molar-refractivity contribution >= 4 is 50.0 Å². The first-order valence-electron chi connectivity index (χ1n) is 10.1. The molecule has 3 aromatic carbocycles. The summed E-state index contributed by atoms with van der Waals surface area (Å²) in [5.74, 6) is -0.0727. The predicted octanol–water partition coefficient (Wildman–Crippen LogP) is 5.45. The van der Waals surface area contributed by atoms with Crippen molar-refractivity contribution in [2.24, 2.45) is 0 Å². The molecule has 0 aliphatic carbocycles. The van der Waals surface area contributed by atoms with Crippen LogP contribution in [-0.4, -0.2) is 21.3 Å². The third kappa shape index (κ3) is 3.92. The van der Waals surface area contributed by atoms with Gasteiger partial charge in [0.05, 0.1) is 11.1 Å². The van der Waals surface area contributed by atoms with Crippen LogP contribution >= 0.6 is 23.1 Å². The van der Waals surface area contributed by atoms with Crippen LogP contribution in [0.2, 0.25) is 0 Å². The normalized spacial score (nSPS) is 11.2. The zero-order chi connectivity index (χ0) is 22.1. The molecule has 0 saturated carbocycles. The molecular weight excluding hydrogens is 438 g/mol. The van der Waals surface area contributed by atoms with Gasteiger partial charge in [0, 0.05) is 15.3 Å². The number of nitrogens with one attached hydrogen (secondary N) is 1. The van der Waals surface area contributed by atoms with E-state index in [0.29, 0.717) is 10.2 Å². The minimum absolute atomic E-state index is 0.191. The Hall–Kier alpha value is -3.42. The van der Waals surface area contributed by atoms with E-state index in [0.717, 1.165) is 31.7 Å². The molecule has 32 heavy (non-hydrogen) atoms. The van der Waals surface area contributed by atoms with Gasteiger partial charge in [-0.05, 0) is 35.4 Å². The molecule has 1 N–H and O–H groups in total. The predicted molar refractivity (Wildman–Crippen MR) is 133 cm³/mol. The first kappa shape index (κ1) is 20.5. The van der Waals surface area contributed by atoms with Crippen molar-refractivity contribution in [1.82, 2.24) is 9.66 Å². The van der Waals surface area contributed by atoms with E-state index in [4.69, 9.17) is 0 Å². The van der Waals surface area contributed by atoms with Crippen molar-refractivity contribution < 1.29 is 4.79 Å². The standard InChI is InChI=1S/C25H19N3O2S2/c1-16-22(18-8-3-2-4-9-18)23-24(32-16)26-15-28(25(23)30)27-21(29)14-31-20-12-11-17-7-5-6-10-19(17)13-20/h2-13,15H,14H2,1H3,(H,27,29). The van der Waals surface area contributed by atoms with Gasteiger partial charge in [-0.1, -0.05) is 60.7 Å². The van der Waals surface area contributed by atoms with E-state index in [1.54, 1.807) is 0 Å². The van der Waals surface area contributed by atoms with Gasteiger partial charge in [-0.15, -0.1) is 23.1 Å². The molecule has 5 nitrogen and oxygen atoms in total. The number of thioether (sulfide) groups is 1. The molecule has 2 aromatic heterocycles. The van der Waals surface area contributed by atoms with E-state index >= 15 is 0 Å². The Morgan fingerprint density at radius 3 is 2.59 bits per heavy atom. The molecule has 0 unspecified atom stereocenters. The molecule has 0 fully saturated rings. The second kappa shape index (κ2) is 8.61. The summed E-state index contributed by atoms with van der Waals surface area (Å²) in [4.78, 5) is 32.9. The molecule has 5 aromatic rings. The summed E-state index contributed by atoms with van der Waals surface area (Å²) < 4.78 is 1.18. The first-order valence-corrected chi connectivity index (χ1v) is 11.9. The van der Waals surface area contributed by atoms with Gasteiger partial charge in [0.1, 0.15) is 11.2 Å². The zero-order valence-electron chi connectivity index (χ0n) is 17.2. The fourth-order valence-corrected chi connectivity index (χ4v) is 5.45. The molecule has 7 heteroatoms. The largest absolute Gasteiger partial charge is 0.281 e. The second-order valence-corrected chi connectivity index (χ2v) is 9.58. The Balaban J connectivity index is 1.38. The molecule has 0 aliphatic rings. The first-order chi connectivity index (χ1) is 15.6. The lowest BCUT2D eigenvalue weighted by molar-refractivity contribution is -0.114. The van der Waals surface area contributed by atoms with E-state index < -0.39 is 0 Å². The van der Waals surface area contributed by atoms with Crippen LogP contribution in [0.3, 0.4) is 0 Å². The van der Waals surface area contributed by atoms with Crippen LogP contribution in [0, 0.1) is 6.92 Å². The van der Waals surface area contributed by atoms with Gasteiger partial charge in [-0.25, -0.2) is 9.66 Å². The van der Waals surface area contributed by atoms with Crippen molar-refractivity contribution in [1.29, 1.82) is 0 Å². The molecule has 0 spiro atoms. The summed E-state index contributed by atoms with van der Waals surface area (Å²) in [6.45, 7) is 1.98.